The fourth-order valence-corrected chi connectivity index (χ4v) is 1.08. The van der Waals surface area contributed by atoms with Crippen LogP contribution in [0, 0.1) is 11.8 Å². The molecule has 0 amide bonds. The SMILES string of the molecule is C/C=C/C=C/COCC#Cc1ccccc1. The molecule has 0 heterocycles. The average molecular weight is 212 g/mol. The van der Waals surface area contributed by atoms with Crippen LogP contribution >= 0.6 is 0 Å². The van der Waals surface area contributed by atoms with Gasteiger partial charge in [0.25, 0.3) is 0 Å². The number of rotatable bonds is 4. The highest BCUT2D eigenvalue weighted by molar-refractivity contribution is 5.33. The fourth-order valence-electron chi connectivity index (χ4n) is 1.08. The van der Waals surface area contributed by atoms with E-state index in [4.69, 9.17) is 4.74 Å². The van der Waals surface area contributed by atoms with Crippen LogP contribution < -0.4 is 0 Å². The van der Waals surface area contributed by atoms with Crippen LogP contribution in [0.15, 0.2) is 54.6 Å². The van der Waals surface area contributed by atoms with Gasteiger partial charge in [-0.05, 0) is 19.1 Å². The second-order valence-corrected chi connectivity index (χ2v) is 3.14. The molecule has 0 unspecified atom stereocenters. The normalized spacial score (nSPS) is 10.6. The zero-order valence-electron chi connectivity index (χ0n) is 9.52. The van der Waals surface area contributed by atoms with Gasteiger partial charge < -0.3 is 4.74 Å². The molecule has 0 spiro atoms. The van der Waals surface area contributed by atoms with Gasteiger partial charge >= 0.3 is 0 Å². The Balaban J connectivity index is 2.19. The third-order valence-electron chi connectivity index (χ3n) is 1.83. The average Bonchev–Trinajstić information content (AvgIpc) is 2.34. The largest absolute Gasteiger partial charge is 0.365 e. The van der Waals surface area contributed by atoms with Crippen molar-refractivity contribution in [2.24, 2.45) is 0 Å². The summed E-state index contributed by atoms with van der Waals surface area (Å²) in [5, 5.41) is 0. The second-order valence-electron chi connectivity index (χ2n) is 3.14. The van der Waals surface area contributed by atoms with E-state index >= 15 is 0 Å². The molecule has 1 aromatic rings. The molecule has 82 valence electrons. The highest BCUT2D eigenvalue weighted by Crippen LogP contribution is 1.94. The summed E-state index contributed by atoms with van der Waals surface area (Å²) in [5.41, 5.74) is 1.02. The van der Waals surface area contributed by atoms with Crippen molar-refractivity contribution >= 4 is 0 Å². The summed E-state index contributed by atoms with van der Waals surface area (Å²) in [6.07, 6.45) is 7.87. The van der Waals surface area contributed by atoms with E-state index < -0.39 is 0 Å². The van der Waals surface area contributed by atoms with Gasteiger partial charge in [-0.1, -0.05) is 54.3 Å². The molecule has 0 atom stereocenters. The summed E-state index contributed by atoms with van der Waals surface area (Å²) in [6.45, 7) is 3.05. The molecule has 0 aliphatic carbocycles. The molecule has 16 heavy (non-hydrogen) atoms. The summed E-state index contributed by atoms with van der Waals surface area (Å²) in [5.74, 6) is 6.00. The molecule has 0 saturated carbocycles. The lowest BCUT2D eigenvalue weighted by atomic mass is 10.2. The van der Waals surface area contributed by atoms with Crippen molar-refractivity contribution in [3.63, 3.8) is 0 Å². The van der Waals surface area contributed by atoms with Crippen LogP contribution in [0.3, 0.4) is 0 Å². The van der Waals surface area contributed by atoms with Crippen LogP contribution in [0.2, 0.25) is 0 Å². The fraction of sp³-hybridized carbons (Fsp3) is 0.200. The van der Waals surface area contributed by atoms with Gasteiger partial charge in [-0.25, -0.2) is 0 Å². The van der Waals surface area contributed by atoms with Crippen molar-refractivity contribution in [3.8, 4) is 11.8 Å². The van der Waals surface area contributed by atoms with E-state index in [0.29, 0.717) is 13.2 Å². The van der Waals surface area contributed by atoms with Crippen molar-refractivity contribution in [3.05, 3.63) is 60.2 Å². The van der Waals surface area contributed by atoms with E-state index in [1.807, 2.05) is 61.6 Å². The smallest absolute Gasteiger partial charge is 0.108 e. The van der Waals surface area contributed by atoms with E-state index in [1.54, 1.807) is 0 Å². The monoisotopic (exact) mass is 212 g/mol. The quantitative estimate of drug-likeness (QED) is 0.423. The molecule has 1 aromatic carbocycles. The Morgan fingerprint density at radius 2 is 2.00 bits per heavy atom. The van der Waals surface area contributed by atoms with Crippen molar-refractivity contribution in [2.45, 2.75) is 6.92 Å². The van der Waals surface area contributed by atoms with Gasteiger partial charge in [0.05, 0.1) is 6.61 Å². The maximum Gasteiger partial charge on any atom is 0.108 e. The number of ether oxygens (including phenoxy) is 1. The molecule has 1 nitrogen and oxygen atoms in total. The zero-order chi connectivity index (χ0) is 11.5. The molecule has 0 bridgehead atoms. The van der Waals surface area contributed by atoms with Crippen LogP contribution in [-0.4, -0.2) is 13.2 Å². The van der Waals surface area contributed by atoms with Crippen LogP contribution in [-0.2, 0) is 4.74 Å². The maximum absolute atomic E-state index is 5.31. The molecule has 1 heteroatoms. The molecule has 0 aliphatic rings. The van der Waals surface area contributed by atoms with Crippen molar-refractivity contribution < 1.29 is 4.74 Å². The van der Waals surface area contributed by atoms with Crippen molar-refractivity contribution in [1.82, 2.24) is 0 Å². The van der Waals surface area contributed by atoms with Gasteiger partial charge in [0, 0.05) is 5.56 Å². The van der Waals surface area contributed by atoms with Gasteiger partial charge in [-0.2, -0.15) is 0 Å². The van der Waals surface area contributed by atoms with E-state index in [2.05, 4.69) is 11.8 Å². The summed E-state index contributed by atoms with van der Waals surface area (Å²) >= 11 is 0. The van der Waals surface area contributed by atoms with Gasteiger partial charge in [0.1, 0.15) is 6.61 Å². The lowest BCUT2D eigenvalue weighted by molar-refractivity contribution is 0.199. The number of hydrogen-bond acceptors (Lipinski definition) is 1. The molecule has 0 N–H and O–H groups in total. The summed E-state index contributed by atoms with van der Waals surface area (Å²) in [4.78, 5) is 0. The Hall–Kier alpha value is -1.78. The number of hydrogen-bond donors (Lipinski definition) is 0. The third kappa shape index (κ3) is 5.85. The number of benzene rings is 1. The zero-order valence-corrected chi connectivity index (χ0v) is 9.52. The Kier molecular flexibility index (Phi) is 6.55. The topological polar surface area (TPSA) is 9.23 Å². The van der Waals surface area contributed by atoms with Gasteiger partial charge in [-0.15, -0.1) is 0 Å². The third-order valence-corrected chi connectivity index (χ3v) is 1.83. The first-order chi connectivity index (χ1) is 7.93. The molecular weight excluding hydrogens is 196 g/mol. The van der Waals surface area contributed by atoms with E-state index in [-0.39, 0.29) is 0 Å². The predicted octanol–water partition coefficient (Wildman–Crippen LogP) is 3.19. The highest BCUT2D eigenvalue weighted by Gasteiger charge is 1.81. The summed E-state index contributed by atoms with van der Waals surface area (Å²) in [7, 11) is 0. The first-order valence-electron chi connectivity index (χ1n) is 5.33. The molecule has 0 radical (unpaired) electrons. The van der Waals surface area contributed by atoms with Crippen LogP contribution in [0.5, 0.6) is 0 Å². The summed E-state index contributed by atoms with van der Waals surface area (Å²) in [6, 6.07) is 9.90. The minimum absolute atomic E-state index is 0.467. The first-order valence-corrected chi connectivity index (χ1v) is 5.33. The molecule has 0 fully saturated rings. The predicted molar refractivity (Wildman–Crippen MR) is 68.1 cm³/mol. The van der Waals surface area contributed by atoms with Crippen LogP contribution in [0.4, 0.5) is 0 Å². The molecule has 1 rings (SSSR count). The van der Waals surface area contributed by atoms with Gasteiger partial charge in [0.15, 0.2) is 0 Å². The minimum Gasteiger partial charge on any atom is -0.365 e. The Morgan fingerprint density at radius 1 is 1.19 bits per heavy atom. The lowest BCUT2D eigenvalue weighted by Gasteiger charge is -1.91. The Morgan fingerprint density at radius 3 is 2.75 bits per heavy atom. The van der Waals surface area contributed by atoms with Crippen LogP contribution in [0.1, 0.15) is 12.5 Å². The first kappa shape index (κ1) is 12.3. The highest BCUT2D eigenvalue weighted by atomic mass is 16.5. The summed E-state index contributed by atoms with van der Waals surface area (Å²) < 4.78 is 5.31. The van der Waals surface area contributed by atoms with Crippen molar-refractivity contribution in [1.29, 1.82) is 0 Å². The molecule has 0 saturated heterocycles. The van der Waals surface area contributed by atoms with Gasteiger partial charge in [0.2, 0.25) is 0 Å². The standard InChI is InChI=1S/C15H16O/c1-2-3-4-8-13-16-14-9-12-15-10-6-5-7-11-15/h2-8,10-11H,13-14H2,1H3/b3-2+,8-4+. The molecule has 0 aromatic heterocycles. The maximum atomic E-state index is 5.31. The number of allylic oxidation sites excluding steroid dienone is 3. The Labute approximate surface area is 97.4 Å². The Bertz CT molecular complexity index is 390. The second kappa shape index (κ2) is 8.52. The molecular formula is C15H16O. The molecule has 0 aliphatic heterocycles. The van der Waals surface area contributed by atoms with Gasteiger partial charge in [-0.3, -0.25) is 0 Å². The van der Waals surface area contributed by atoms with Crippen LogP contribution in [0.25, 0.3) is 0 Å². The van der Waals surface area contributed by atoms with E-state index in [9.17, 15) is 0 Å². The van der Waals surface area contributed by atoms with Crippen molar-refractivity contribution in [2.75, 3.05) is 13.2 Å². The lowest BCUT2D eigenvalue weighted by Crippen LogP contribution is -1.90. The minimum atomic E-state index is 0.467. The van der Waals surface area contributed by atoms with E-state index in [0.717, 1.165) is 5.56 Å². The van der Waals surface area contributed by atoms with E-state index in [1.165, 1.54) is 0 Å².